The Labute approximate surface area is 131 Å². The summed E-state index contributed by atoms with van der Waals surface area (Å²) in [4.78, 5) is 1.24. The topological polar surface area (TPSA) is 30.5 Å². The van der Waals surface area contributed by atoms with E-state index in [2.05, 4.69) is 23.9 Å². The Bertz CT molecular complexity index is 400. The summed E-state index contributed by atoms with van der Waals surface area (Å²) in [7, 11) is 3.35. The molecule has 0 fully saturated rings. The van der Waals surface area contributed by atoms with Crippen molar-refractivity contribution in [1.29, 1.82) is 0 Å². The van der Waals surface area contributed by atoms with Gasteiger partial charge in [-0.25, -0.2) is 0 Å². The summed E-state index contributed by atoms with van der Waals surface area (Å²) in [5.41, 5.74) is 1.26. The zero-order valence-corrected chi connectivity index (χ0v) is 14.5. The molecular weight excluding hydrogens is 290 g/mol. The molecule has 114 valence electrons. The lowest BCUT2D eigenvalue weighted by Crippen LogP contribution is -2.15. The SMILES string of the molecule is COc1cc(CNCCCCSC)c(SC)cc1OC. The quantitative estimate of drug-likeness (QED) is 0.526. The zero-order valence-electron chi connectivity index (χ0n) is 12.8. The lowest BCUT2D eigenvalue weighted by molar-refractivity contribution is 0.353. The van der Waals surface area contributed by atoms with Gasteiger partial charge in [-0.05, 0) is 55.3 Å². The number of hydrogen-bond donors (Lipinski definition) is 1. The summed E-state index contributed by atoms with van der Waals surface area (Å²) in [6.45, 7) is 1.93. The predicted molar refractivity (Wildman–Crippen MR) is 90.6 cm³/mol. The van der Waals surface area contributed by atoms with Crippen LogP contribution in [-0.2, 0) is 6.54 Å². The first-order valence-electron chi connectivity index (χ1n) is 6.75. The highest BCUT2D eigenvalue weighted by Gasteiger charge is 2.10. The molecule has 0 aliphatic rings. The molecule has 1 aromatic carbocycles. The maximum atomic E-state index is 5.37. The Morgan fingerprint density at radius 1 is 1.05 bits per heavy atom. The molecule has 0 heterocycles. The van der Waals surface area contributed by atoms with Crippen molar-refractivity contribution in [3.63, 3.8) is 0 Å². The van der Waals surface area contributed by atoms with Crippen LogP contribution in [-0.4, -0.2) is 39.0 Å². The molecule has 0 amide bonds. The van der Waals surface area contributed by atoms with Crippen LogP contribution in [0.1, 0.15) is 18.4 Å². The number of ether oxygens (including phenoxy) is 2. The lowest BCUT2D eigenvalue weighted by Gasteiger charge is -2.14. The molecule has 20 heavy (non-hydrogen) atoms. The molecule has 0 aromatic heterocycles. The minimum absolute atomic E-state index is 0.792. The van der Waals surface area contributed by atoms with Crippen LogP contribution in [0.25, 0.3) is 0 Å². The Morgan fingerprint density at radius 2 is 1.75 bits per heavy atom. The summed E-state index contributed by atoms with van der Waals surface area (Å²) in [6, 6.07) is 4.12. The zero-order chi connectivity index (χ0) is 14.8. The summed E-state index contributed by atoms with van der Waals surface area (Å²) in [6.07, 6.45) is 6.74. The molecule has 1 N–H and O–H groups in total. The van der Waals surface area contributed by atoms with E-state index < -0.39 is 0 Å². The first kappa shape index (κ1) is 17.5. The number of rotatable bonds is 10. The fraction of sp³-hybridized carbons (Fsp3) is 0.600. The number of benzene rings is 1. The van der Waals surface area contributed by atoms with Gasteiger partial charge in [0.15, 0.2) is 11.5 Å². The second kappa shape index (κ2) is 10.2. The van der Waals surface area contributed by atoms with E-state index in [9.17, 15) is 0 Å². The summed E-state index contributed by atoms with van der Waals surface area (Å²) in [5.74, 6) is 2.83. The third-order valence-electron chi connectivity index (χ3n) is 3.05. The average Bonchev–Trinajstić information content (AvgIpc) is 2.49. The molecule has 1 aromatic rings. The average molecular weight is 316 g/mol. The van der Waals surface area contributed by atoms with Gasteiger partial charge >= 0.3 is 0 Å². The number of thioether (sulfide) groups is 2. The van der Waals surface area contributed by atoms with Crippen molar-refractivity contribution in [3.05, 3.63) is 17.7 Å². The number of hydrogen-bond acceptors (Lipinski definition) is 5. The van der Waals surface area contributed by atoms with Crippen LogP contribution in [0.4, 0.5) is 0 Å². The van der Waals surface area contributed by atoms with E-state index >= 15 is 0 Å². The molecular formula is C15H25NO2S2. The van der Waals surface area contributed by atoms with Crippen LogP contribution >= 0.6 is 23.5 Å². The third-order valence-corrected chi connectivity index (χ3v) is 4.57. The normalized spacial score (nSPS) is 10.6. The molecule has 3 nitrogen and oxygen atoms in total. The van der Waals surface area contributed by atoms with Gasteiger partial charge in [-0.15, -0.1) is 11.8 Å². The van der Waals surface area contributed by atoms with E-state index in [1.165, 1.54) is 29.1 Å². The number of methoxy groups -OCH3 is 2. The van der Waals surface area contributed by atoms with Gasteiger partial charge in [0.25, 0.3) is 0 Å². The molecule has 0 radical (unpaired) electrons. The van der Waals surface area contributed by atoms with E-state index in [0.717, 1.165) is 24.6 Å². The smallest absolute Gasteiger partial charge is 0.161 e. The third kappa shape index (κ3) is 5.46. The highest BCUT2D eigenvalue weighted by Crippen LogP contribution is 2.34. The van der Waals surface area contributed by atoms with Crippen LogP contribution < -0.4 is 14.8 Å². The Kier molecular flexibility index (Phi) is 8.98. The molecule has 0 aliphatic carbocycles. The minimum atomic E-state index is 0.792. The Morgan fingerprint density at radius 3 is 2.35 bits per heavy atom. The van der Waals surface area contributed by atoms with Crippen LogP contribution in [0.5, 0.6) is 11.5 Å². The maximum Gasteiger partial charge on any atom is 0.161 e. The number of unbranched alkanes of at least 4 members (excludes halogenated alkanes) is 1. The molecule has 0 saturated carbocycles. The monoisotopic (exact) mass is 315 g/mol. The van der Waals surface area contributed by atoms with Gasteiger partial charge in [-0.2, -0.15) is 11.8 Å². The molecule has 0 saturated heterocycles. The van der Waals surface area contributed by atoms with Crippen molar-refractivity contribution >= 4 is 23.5 Å². The summed E-state index contributed by atoms with van der Waals surface area (Å²) in [5, 5.41) is 3.51. The van der Waals surface area contributed by atoms with Gasteiger partial charge in [0.1, 0.15) is 0 Å². The molecule has 0 bridgehead atoms. The van der Waals surface area contributed by atoms with E-state index in [1.807, 2.05) is 17.8 Å². The molecule has 5 heteroatoms. The fourth-order valence-corrected chi connectivity index (χ4v) is 3.06. The van der Waals surface area contributed by atoms with Gasteiger partial charge in [0, 0.05) is 11.4 Å². The van der Waals surface area contributed by atoms with Gasteiger partial charge in [-0.3, -0.25) is 0 Å². The predicted octanol–water partition coefficient (Wildman–Crippen LogP) is 3.66. The largest absolute Gasteiger partial charge is 0.493 e. The molecule has 1 rings (SSSR count). The van der Waals surface area contributed by atoms with Crippen LogP contribution in [0.15, 0.2) is 17.0 Å². The van der Waals surface area contributed by atoms with E-state index in [-0.39, 0.29) is 0 Å². The first-order valence-corrected chi connectivity index (χ1v) is 9.37. The Hall–Kier alpha value is -0.520. The minimum Gasteiger partial charge on any atom is -0.493 e. The van der Waals surface area contributed by atoms with Crippen molar-refractivity contribution in [2.75, 3.05) is 39.0 Å². The standard InChI is InChI=1S/C15H25NO2S2/c1-17-13-9-12(11-16-7-5-6-8-19-3)15(20-4)10-14(13)18-2/h9-10,16H,5-8,11H2,1-4H3. The molecule has 0 spiro atoms. The van der Waals surface area contributed by atoms with Gasteiger partial charge in [0.05, 0.1) is 14.2 Å². The van der Waals surface area contributed by atoms with Gasteiger partial charge in [0.2, 0.25) is 0 Å². The second-order valence-electron chi connectivity index (χ2n) is 4.40. The lowest BCUT2D eigenvalue weighted by atomic mass is 10.2. The highest BCUT2D eigenvalue weighted by atomic mass is 32.2. The maximum absolute atomic E-state index is 5.37. The first-order chi connectivity index (χ1) is 9.76. The van der Waals surface area contributed by atoms with Crippen molar-refractivity contribution in [2.45, 2.75) is 24.3 Å². The van der Waals surface area contributed by atoms with Crippen molar-refractivity contribution in [1.82, 2.24) is 5.32 Å². The van der Waals surface area contributed by atoms with E-state index in [0.29, 0.717) is 0 Å². The molecule has 0 atom stereocenters. The van der Waals surface area contributed by atoms with Crippen LogP contribution in [0, 0.1) is 0 Å². The van der Waals surface area contributed by atoms with Crippen LogP contribution in [0.3, 0.4) is 0 Å². The van der Waals surface area contributed by atoms with Crippen LogP contribution in [0.2, 0.25) is 0 Å². The van der Waals surface area contributed by atoms with Crippen molar-refractivity contribution in [2.24, 2.45) is 0 Å². The van der Waals surface area contributed by atoms with Crippen molar-refractivity contribution in [3.8, 4) is 11.5 Å². The van der Waals surface area contributed by atoms with E-state index in [4.69, 9.17) is 9.47 Å². The summed E-state index contributed by atoms with van der Waals surface area (Å²) < 4.78 is 10.7. The number of nitrogens with one attached hydrogen (secondary N) is 1. The van der Waals surface area contributed by atoms with Crippen molar-refractivity contribution < 1.29 is 9.47 Å². The van der Waals surface area contributed by atoms with E-state index in [1.54, 1.807) is 26.0 Å². The summed E-state index contributed by atoms with van der Waals surface area (Å²) >= 11 is 3.65. The Balaban J connectivity index is 2.59. The van der Waals surface area contributed by atoms with Gasteiger partial charge < -0.3 is 14.8 Å². The second-order valence-corrected chi connectivity index (χ2v) is 6.23. The highest BCUT2D eigenvalue weighted by molar-refractivity contribution is 7.98. The van der Waals surface area contributed by atoms with Gasteiger partial charge in [-0.1, -0.05) is 0 Å². The molecule has 0 aliphatic heterocycles. The molecule has 0 unspecified atom stereocenters. The fourth-order valence-electron chi connectivity index (χ4n) is 1.95.